The summed E-state index contributed by atoms with van der Waals surface area (Å²) in [6.45, 7) is 2.06. The average Bonchev–Trinajstić information content (AvgIpc) is 2.53. The van der Waals surface area contributed by atoms with E-state index >= 15 is 0 Å². The van der Waals surface area contributed by atoms with Crippen LogP contribution >= 0.6 is 11.8 Å². The zero-order chi connectivity index (χ0) is 8.39. The van der Waals surface area contributed by atoms with Crippen LogP contribution in [0.4, 0.5) is 5.95 Å². The highest BCUT2D eigenvalue weighted by molar-refractivity contribution is 8.12. The molecule has 0 amide bonds. The molecule has 4 nitrogen and oxygen atoms in total. The van der Waals surface area contributed by atoms with Gasteiger partial charge in [0.05, 0.1) is 5.55 Å². The molecule has 1 aromatic rings. The van der Waals surface area contributed by atoms with E-state index in [1.54, 1.807) is 40.8 Å². The Kier molecular flexibility index (Phi) is 1.95. The third-order valence-electron chi connectivity index (χ3n) is 1.53. The second kappa shape index (κ2) is 3.10. The molecule has 1 unspecified atom stereocenters. The van der Waals surface area contributed by atoms with Crippen molar-refractivity contribution in [3.8, 4) is 0 Å². The van der Waals surface area contributed by atoms with E-state index in [1.807, 2.05) is 0 Å². The summed E-state index contributed by atoms with van der Waals surface area (Å²) in [6.07, 6.45) is 3.43. The number of hydrogen-bond donors (Lipinski definition) is 0. The number of anilines is 1. The minimum atomic E-state index is 0.299. The van der Waals surface area contributed by atoms with Crippen LogP contribution < -0.4 is 5.01 Å². The van der Waals surface area contributed by atoms with Gasteiger partial charge in [-0.05, 0) is 13.0 Å². The molecule has 0 N–H and O–H groups in total. The summed E-state index contributed by atoms with van der Waals surface area (Å²) in [7, 11) is 0. The average molecular weight is 180 g/mol. The third kappa shape index (κ3) is 1.27. The molecule has 0 spiro atoms. The van der Waals surface area contributed by atoms with Crippen LogP contribution in [0.2, 0.25) is 0 Å². The third-order valence-corrected chi connectivity index (χ3v) is 2.34. The molecule has 0 aromatic carbocycles. The Morgan fingerprint density at radius 1 is 1.42 bits per heavy atom. The monoisotopic (exact) mass is 180 g/mol. The van der Waals surface area contributed by atoms with Crippen molar-refractivity contribution in [3.05, 3.63) is 18.5 Å². The van der Waals surface area contributed by atoms with Crippen LogP contribution in [-0.4, -0.2) is 20.9 Å². The lowest BCUT2D eigenvalue weighted by Gasteiger charge is -2.15. The van der Waals surface area contributed by atoms with E-state index in [0.717, 1.165) is 0 Å². The smallest absolute Gasteiger partial charge is 0.220 e. The van der Waals surface area contributed by atoms with Crippen LogP contribution in [0.3, 0.4) is 0 Å². The highest BCUT2D eigenvalue weighted by atomic mass is 32.2. The molecule has 1 aliphatic heterocycles. The van der Waals surface area contributed by atoms with E-state index in [-0.39, 0.29) is 0 Å². The first-order valence-corrected chi connectivity index (χ1v) is 4.56. The summed E-state index contributed by atoms with van der Waals surface area (Å²) in [5.74, 6) is 0.659. The van der Waals surface area contributed by atoms with Crippen LogP contribution in [0.25, 0.3) is 0 Å². The van der Waals surface area contributed by atoms with Gasteiger partial charge < -0.3 is 0 Å². The normalized spacial score (nSPS) is 21.8. The van der Waals surface area contributed by atoms with Gasteiger partial charge in [0, 0.05) is 12.4 Å². The van der Waals surface area contributed by atoms with Crippen molar-refractivity contribution in [2.24, 2.45) is 5.10 Å². The first-order chi connectivity index (χ1) is 5.88. The SMILES string of the molecule is CC1SC=NN1c1ncccn1. The van der Waals surface area contributed by atoms with Crippen LogP contribution in [-0.2, 0) is 0 Å². The van der Waals surface area contributed by atoms with Gasteiger partial charge in [-0.2, -0.15) is 5.10 Å². The minimum absolute atomic E-state index is 0.299. The molecule has 62 valence electrons. The molecular formula is C7H8N4S. The minimum Gasteiger partial charge on any atom is -0.220 e. The molecule has 1 aromatic heterocycles. The summed E-state index contributed by atoms with van der Waals surface area (Å²) in [4.78, 5) is 8.20. The number of nitrogens with zero attached hydrogens (tertiary/aromatic N) is 4. The zero-order valence-electron chi connectivity index (χ0n) is 6.58. The Bertz CT molecular complexity index is 287. The lowest BCUT2D eigenvalue weighted by molar-refractivity contribution is 0.818. The highest BCUT2D eigenvalue weighted by Crippen LogP contribution is 2.23. The quantitative estimate of drug-likeness (QED) is 0.653. The van der Waals surface area contributed by atoms with E-state index in [2.05, 4.69) is 22.0 Å². The molecule has 0 saturated heterocycles. The van der Waals surface area contributed by atoms with Gasteiger partial charge in [-0.1, -0.05) is 11.8 Å². The van der Waals surface area contributed by atoms with Gasteiger partial charge >= 0.3 is 0 Å². The van der Waals surface area contributed by atoms with Crippen molar-refractivity contribution in [3.63, 3.8) is 0 Å². The first kappa shape index (κ1) is 7.54. The number of thioether (sulfide) groups is 1. The van der Waals surface area contributed by atoms with Crippen molar-refractivity contribution < 1.29 is 0 Å². The maximum Gasteiger partial charge on any atom is 0.247 e. The molecule has 0 bridgehead atoms. The van der Waals surface area contributed by atoms with Gasteiger partial charge in [0.15, 0.2) is 0 Å². The number of aromatic nitrogens is 2. The Labute approximate surface area is 74.7 Å². The van der Waals surface area contributed by atoms with Crippen molar-refractivity contribution in [1.82, 2.24) is 9.97 Å². The summed E-state index contributed by atoms with van der Waals surface area (Å²) >= 11 is 1.65. The Morgan fingerprint density at radius 3 is 2.75 bits per heavy atom. The Balaban J connectivity index is 2.25. The van der Waals surface area contributed by atoms with Gasteiger partial charge in [-0.25, -0.2) is 15.0 Å². The van der Waals surface area contributed by atoms with Crippen molar-refractivity contribution >= 4 is 23.3 Å². The standard InChI is InChI=1S/C7H8N4S/c1-6-11(10-5-12-6)7-8-3-2-4-9-7/h2-6H,1H3. The fourth-order valence-corrected chi connectivity index (χ4v) is 1.54. The zero-order valence-corrected chi connectivity index (χ0v) is 7.40. The lowest BCUT2D eigenvalue weighted by atomic mass is 10.6. The van der Waals surface area contributed by atoms with E-state index in [1.165, 1.54) is 0 Å². The molecule has 5 heteroatoms. The maximum absolute atomic E-state index is 4.13. The van der Waals surface area contributed by atoms with Crippen LogP contribution in [0.15, 0.2) is 23.6 Å². The predicted octanol–water partition coefficient (Wildman–Crippen LogP) is 1.32. The van der Waals surface area contributed by atoms with E-state index in [4.69, 9.17) is 0 Å². The fourth-order valence-electron chi connectivity index (χ4n) is 0.941. The molecule has 0 aliphatic carbocycles. The van der Waals surface area contributed by atoms with Crippen LogP contribution in [0.5, 0.6) is 0 Å². The Hall–Kier alpha value is -1.10. The Morgan fingerprint density at radius 2 is 2.17 bits per heavy atom. The number of hydrogen-bond acceptors (Lipinski definition) is 5. The summed E-state index contributed by atoms with van der Waals surface area (Å²) < 4.78 is 0. The van der Waals surface area contributed by atoms with E-state index < -0.39 is 0 Å². The molecule has 0 fully saturated rings. The highest BCUT2D eigenvalue weighted by Gasteiger charge is 2.19. The van der Waals surface area contributed by atoms with Gasteiger partial charge in [0.1, 0.15) is 5.37 Å². The van der Waals surface area contributed by atoms with Crippen molar-refractivity contribution in [1.29, 1.82) is 0 Å². The molecule has 1 aliphatic rings. The van der Waals surface area contributed by atoms with E-state index in [0.29, 0.717) is 11.3 Å². The second-order valence-corrected chi connectivity index (χ2v) is 3.51. The maximum atomic E-state index is 4.13. The van der Waals surface area contributed by atoms with Crippen molar-refractivity contribution in [2.75, 3.05) is 5.01 Å². The molecular weight excluding hydrogens is 172 g/mol. The van der Waals surface area contributed by atoms with Gasteiger partial charge in [0.2, 0.25) is 5.95 Å². The van der Waals surface area contributed by atoms with Gasteiger partial charge in [-0.15, -0.1) is 0 Å². The largest absolute Gasteiger partial charge is 0.247 e. The first-order valence-electron chi connectivity index (χ1n) is 3.62. The predicted molar refractivity (Wildman–Crippen MR) is 50.1 cm³/mol. The summed E-state index contributed by atoms with van der Waals surface area (Å²) in [5.41, 5.74) is 1.81. The van der Waals surface area contributed by atoms with E-state index in [9.17, 15) is 0 Å². The fraction of sp³-hybridized carbons (Fsp3) is 0.286. The lowest BCUT2D eigenvalue weighted by Crippen LogP contribution is -2.22. The molecule has 12 heavy (non-hydrogen) atoms. The summed E-state index contributed by atoms with van der Waals surface area (Å²) in [6, 6.07) is 1.79. The molecule has 0 saturated carbocycles. The summed E-state index contributed by atoms with van der Waals surface area (Å²) in [5, 5.41) is 6.23. The number of rotatable bonds is 1. The van der Waals surface area contributed by atoms with Crippen LogP contribution in [0.1, 0.15) is 6.92 Å². The van der Waals surface area contributed by atoms with Crippen LogP contribution in [0, 0.1) is 0 Å². The van der Waals surface area contributed by atoms with Gasteiger partial charge in [0.25, 0.3) is 0 Å². The number of hydrazone groups is 1. The van der Waals surface area contributed by atoms with Gasteiger partial charge in [-0.3, -0.25) is 0 Å². The molecule has 1 atom stereocenters. The molecule has 2 rings (SSSR count). The second-order valence-electron chi connectivity index (χ2n) is 2.35. The molecule has 2 heterocycles. The van der Waals surface area contributed by atoms with Crippen molar-refractivity contribution in [2.45, 2.75) is 12.3 Å². The molecule has 0 radical (unpaired) electrons. The topological polar surface area (TPSA) is 41.4 Å².